The minimum Gasteiger partial charge on any atom is -0.466 e. The highest BCUT2D eigenvalue weighted by atomic mass is 79.9. The average Bonchev–Trinajstić information content (AvgIpc) is 2.18. The van der Waals surface area contributed by atoms with Gasteiger partial charge in [-0.1, -0.05) is 34.1 Å². The fourth-order valence-electron chi connectivity index (χ4n) is 1.29. The monoisotopic (exact) mass is 307 g/mol. The lowest BCUT2D eigenvalue weighted by Crippen LogP contribution is -2.17. The van der Waals surface area contributed by atoms with Crippen molar-refractivity contribution in [2.75, 3.05) is 6.61 Å². The van der Waals surface area contributed by atoms with Gasteiger partial charge in [0, 0.05) is 10.5 Å². The highest BCUT2D eigenvalue weighted by Crippen LogP contribution is 2.23. The molecule has 0 aromatic heterocycles. The second-order valence-electron chi connectivity index (χ2n) is 3.14. The summed E-state index contributed by atoms with van der Waals surface area (Å²) in [4.78, 5) is 11.2. The van der Waals surface area contributed by atoms with Crippen LogP contribution in [0.2, 0.25) is 0 Å². The summed E-state index contributed by atoms with van der Waals surface area (Å²) in [6, 6.07) is 7.28. The Morgan fingerprint density at radius 3 is 2.69 bits per heavy atom. The number of hydrogen-bond acceptors (Lipinski definition) is 3. The zero-order valence-corrected chi connectivity index (χ0v) is 11.4. The van der Waals surface area contributed by atoms with Crippen LogP contribution in [-0.2, 0) is 9.53 Å². The summed E-state index contributed by atoms with van der Waals surface area (Å²) in [6.45, 7) is 2.17. The Labute approximate surface area is 110 Å². The van der Waals surface area contributed by atoms with E-state index in [9.17, 15) is 4.79 Å². The number of carbonyl (C=O) groups is 1. The standard InChI is InChI=1S/C11H14BrNO2.ClH/c1-2-15-11(14)7-10(13)8-5-3-4-6-9(8)12;/h3-6,10H,2,7,13H2,1H3;1H/t10-;/m0./s1. The number of esters is 1. The Bertz CT molecular complexity index is 347. The van der Waals surface area contributed by atoms with Crippen LogP contribution in [0.25, 0.3) is 0 Å². The zero-order valence-electron chi connectivity index (χ0n) is 8.98. The van der Waals surface area contributed by atoms with Crippen molar-refractivity contribution in [3.63, 3.8) is 0 Å². The van der Waals surface area contributed by atoms with Crippen molar-refractivity contribution >= 4 is 34.3 Å². The predicted octanol–water partition coefficient (Wildman–Crippen LogP) is 2.82. The third-order valence-electron chi connectivity index (χ3n) is 2.00. The Hall–Kier alpha value is -0.580. The number of halogens is 2. The number of benzene rings is 1. The van der Waals surface area contributed by atoms with Gasteiger partial charge in [0.25, 0.3) is 0 Å². The molecule has 5 heteroatoms. The molecule has 0 aliphatic carbocycles. The number of rotatable bonds is 4. The quantitative estimate of drug-likeness (QED) is 0.870. The Morgan fingerprint density at radius 2 is 2.12 bits per heavy atom. The number of ether oxygens (including phenoxy) is 1. The van der Waals surface area contributed by atoms with Crippen molar-refractivity contribution in [1.82, 2.24) is 0 Å². The molecule has 0 unspecified atom stereocenters. The second kappa shape index (κ2) is 7.65. The van der Waals surface area contributed by atoms with Gasteiger partial charge in [-0.05, 0) is 18.6 Å². The van der Waals surface area contributed by atoms with Crippen molar-refractivity contribution in [3.8, 4) is 0 Å². The molecule has 0 saturated heterocycles. The molecule has 16 heavy (non-hydrogen) atoms. The molecule has 0 saturated carbocycles. The van der Waals surface area contributed by atoms with Crippen molar-refractivity contribution in [1.29, 1.82) is 0 Å². The fraction of sp³-hybridized carbons (Fsp3) is 0.364. The van der Waals surface area contributed by atoms with Crippen LogP contribution in [0.4, 0.5) is 0 Å². The maximum Gasteiger partial charge on any atom is 0.307 e. The molecule has 0 amide bonds. The van der Waals surface area contributed by atoms with Crippen LogP contribution in [0.1, 0.15) is 24.9 Å². The minimum absolute atomic E-state index is 0. The summed E-state index contributed by atoms with van der Waals surface area (Å²) in [5.41, 5.74) is 6.82. The molecule has 2 N–H and O–H groups in total. The third kappa shape index (κ3) is 4.51. The maximum absolute atomic E-state index is 11.2. The first-order valence-corrected chi connectivity index (χ1v) is 5.60. The lowest BCUT2D eigenvalue weighted by molar-refractivity contribution is -0.143. The third-order valence-corrected chi connectivity index (χ3v) is 2.72. The molecule has 0 spiro atoms. The van der Waals surface area contributed by atoms with E-state index in [1.165, 1.54) is 0 Å². The Kier molecular flexibility index (Phi) is 7.38. The summed E-state index contributed by atoms with van der Waals surface area (Å²) >= 11 is 3.39. The van der Waals surface area contributed by atoms with Gasteiger partial charge in [-0.3, -0.25) is 4.79 Å². The molecule has 3 nitrogen and oxygen atoms in total. The number of carbonyl (C=O) groups excluding carboxylic acids is 1. The van der Waals surface area contributed by atoms with Gasteiger partial charge < -0.3 is 10.5 Å². The van der Waals surface area contributed by atoms with Gasteiger partial charge >= 0.3 is 5.97 Å². The molecule has 0 bridgehead atoms. The molecule has 1 aromatic carbocycles. The lowest BCUT2D eigenvalue weighted by Gasteiger charge is -2.12. The molecule has 1 atom stereocenters. The average molecular weight is 309 g/mol. The van der Waals surface area contributed by atoms with Gasteiger partial charge in [-0.25, -0.2) is 0 Å². The van der Waals surface area contributed by atoms with Crippen LogP contribution in [0.15, 0.2) is 28.7 Å². The lowest BCUT2D eigenvalue weighted by atomic mass is 10.1. The Balaban J connectivity index is 0.00000225. The molecule has 0 radical (unpaired) electrons. The van der Waals surface area contributed by atoms with E-state index < -0.39 is 0 Å². The molecule has 1 rings (SSSR count). The van der Waals surface area contributed by atoms with Crippen LogP contribution in [0.5, 0.6) is 0 Å². The van der Waals surface area contributed by atoms with E-state index >= 15 is 0 Å². The van der Waals surface area contributed by atoms with Crippen LogP contribution >= 0.6 is 28.3 Å². The van der Waals surface area contributed by atoms with E-state index in [1.807, 2.05) is 24.3 Å². The SMILES string of the molecule is CCOC(=O)C[C@H](N)c1ccccc1Br.Cl. The highest BCUT2D eigenvalue weighted by Gasteiger charge is 2.14. The van der Waals surface area contributed by atoms with Crippen molar-refractivity contribution in [2.24, 2.45) is 5.73 Å². The van der Waals surface area contributed by atoms with E-state index in [1.54, 1.807) is 6.92 Å². The topological polar surface area (TPSA) is 52.3 Å². The molecule has 0 heterocycles. The van der Waals surface area contributed by atoms with E-state index in [-0.39, 0.29) is 30.8 Å². The molecular weight excluding hydrogens is 293 g/mol. The van der Waals surface area contributed by atoms with Gasteiger partial charge in [0.1, 0.15) is 0 Å². The van der Waals surface area contributed by atoms with Crippen LogP contribution in [0.3, 0.4) is 0 Å². The summed E-state index contributed by atoms with van der Waals surface area (Å²) in [7, 11) is 0. The first-order valence-electron chi connectivity index (χ1n) is 4.80. The molecule has 0 aliphatic heterocycles. The van der Waals surface area contributed by atoms with E-state index in [0.717, 1.165) is 10.0 Å². The summed E-state index contributed by atoms with van der Waals surface area (Å²) < 4.78 is 5.76. The van der Waals surface area contributed by atoms with Gasteiger partial charge in [-0.15, -0.1) is 12.4 Å². The summed E-state index contributed by atoms with van der Waals surface area (Å²) in [5, 5.41) is 0. The van der Waals surface area contributed by atoms with Gasteiger partial charge in [0.2, 0.25) is 0 Å². The second-order valence-corrected chi connectivity index (χ2v) is 3.99. The van der Waals surface area contributed by atoms with Crippen LogP contribution in [-0.4, -0.2) is 12.6 Å². The van der Waals surface area contributed by atoms with Crippen LogP contribution in [0, 0.1) is 0 Å². The number of nitrogens with two attached hydrogens (primary N) is 1. The van der Waals surface area contributed by atoms with Gasteiger partial charge in [0.15, 0.2) is 0 Å². The molecule has 1 aromatic rings. The van der Waals surface area contributed by atoms with E-state index in [0.29, 0.717) is 6.61 Å². The van der Waals surface area contributed by atoms with E-state index in [2.05, 4.69) is 15.9 Å². The van der Waals surface area contributed by atoms with Crippen molar-refractivity contribution in [2.45, 2.75) is 19.4 Å². The molecule has 0 fully saturated rings. The summed E-state index contributed by atoms with van der Waals surface area (Å²) in [6.07, 6.45) is 0.205. The smallest absolute Gasteiger partial charge is 0.307 e. The largest absolute Gasteiger partial charge is 0.466 e. The predicted molar refractivity (Wildman–Crippen MR) is 69.6 cm³/mol. The Morgan fingerprint density at radius 1 is 1.50 bits per heavy atom. The first kappa shape index (κ1) is 15.4. The van der Waals surface area contributed by atoms with Crippen molar-refractivity contribution in [3.05, 3.63) is 34.3 Å². The maximum atomic E-state index is 11.2. The van der Waals surface area contributed by atoms with Gasteiger partial charge in [0.05, 0.1) is 13.0 Å². The zero-order chi connectivity index (χ0) is 11.3. The molecule has 90 valence electrons. The van der Waals surface area contributed by atoms with Gasteiger partial charge in [-0.2, -0.15) is 0 Å². The van der Waals surface area contributed by atoms with E-state index in [4.69, 9.17) is 10.5 Å². The molecular formula is C11H15BrClNO2. The number of hydrogen-bond donors (Lipinski definition) is 1. The van der Waals surface area contributed by atoms with Crippen LogP contribution < -0.4 is 5.73 Å². The highest BCUT2D eigenvalue weighted by molar-refractivity contribution is 9.10. The normalized spacial score (nSPS) is 11.4. The summed E-state index contributed by atoms with van der Waals surface area (Å²) in [5.74, 6) is -0.263. The fourth-order valence-corrected chi connectivity index (χ4v) is 1.86. The molecule has 0 aliphatic rings. The van der Waals surface area contributed by atoms with Crippen molar-refractivity contribution < 1.29 is 9.53 Å². The minimum atomic E-state index is -0.320. The first-order chi connectivity index (χ1) is 7.15.